The minimum Gasteiger partial charge on any atom is -0.480 e. The molecule has 0 aromatic rings. The van der Waals surface area contributed by atoms with Gasteiger partial charge < -0.3 is 132 Å². The highest BCUT2D eigenvalue weighted by Crippen LogP contribution is 2.35. The van der Waals surface area contributed by atoms with Gasteiger partial charge in [0.25, 0.3) is 0 Å². The van der Waals surface area contributed by atoms with E-state index in [1.165, 1.54) is 39.2 Å². The molecule has 44 heteroatoms. The van der Waals surface area contributed by atoms with Crippen molar-refractivity contribution in [2.24, 2.45) is 0 Å². The quantitative estimate of drug-likeness (QED) is 0.0346. The number of carboxylic acids is 1. The van der Waals surface area contributed by atoms with Crippen LogP contribution in [0.2, 0.25) is 0 Å². The van der Waals surface area contributed by atoms with Gasteiger partial charge in [-0.3, -0.25) is 86.3 Å². The molecular weight excluding hydrogens is 1530 g/mol. The molecule has 0 spiro atoms. The van der Waals surface area contributed by atoms with Crippen molar-refractivity contribution < 1.29 is 132 Å². The molecule has 44 nitrogen and oxygen atoms in total. The first-order valence-electron chi connectivity index (χ1n) is 39.7. The molecule has 0 unspecified atom stereocenters. The van der Waals surface area contributed by atoms with E-state index in [1.54, 1.807) is 0 Å². The molecule has 0 radical (unpaired) electrons. The molecule has 16 N–H and O–H groups in total. The summed E-state index contributed by atoms with van der Waals surface area (Å²) in [6, 6.07) is -14.8. The van der Waals surface area contributed by atoms with E-state index in [4.69, 9.17) is 14.6 Å². The van der Waals surface area contributed by atoms with Crippen LogP contribution in [0.1, 0.15) is 136 Å². The van der Waals surface area contributed by atoms with Crippen LogP contribution in [0.4, 0.5) is 0 Å². The fourth-order valence-electron chi connectivity index (χ4n) is 17.6. The second kappa shape index (κ2) is 39.4. The number of carboxylic acid groups (broad SMARTS) is 1. The molecule has 10 fully saturated rings. The molecule has 0 aromatic heterocycles. The first-order valence-corrected chi connectivity index (χ1v) is 39.7. The third-order valence-electron chi connectivity index (χ3n) is 23.2. The number of nitrogens with zero attached hydrogens (tertiary/aromatic N) is 8. The highest BCUT2D eigenvalue weighted by Gasteiger charge is 2.54. The van der Waals surface area contributed by atoms with Crippen LogP contribution >= 0.6 is 0 Å². The lowest BCUT2D eigenvalue weighted by Crippen LogP contribution is -2.68. The maximum absolute atomic E-state index is 15.0. The summed E-state index contributed by atoms with van der Waals surface area (Å²) >= 11 is 0. The molecule has 116 heavy (non-hydrogen) atoms. The highest BCUT2D eigenvalue weighted by atomic mass is 16.5. The van der Waals surface area contributed by atoms with Gasteiger partial charge in [0.05, 0.1) is 39.1 Å². The lowest BCUT2D eigenvalue weighted by Gasteiger charge is -2.42. The Bertz CT molecular complexity index is 3760. The van der Waals surface area contributed by atoms with Crippen molar-refractivity contribution in [1.29, 1.82) is 0 Å². The van der Waals surface area contributed by atoms with Gasteiger partial charge in [-0.15, -0.1) is 0 Å². The second-order valence-corrected chi connectivity index (χ2v) is 31.0. The van der Waals surface area contributed by atoms with Crippen molar-refractivity contribution >= 4 is 106 Å². The molecule has 10 heterocycles. The van der Waals surface area contributed by atoms with Gasteiger partial charge in [0, 0.05) is 73.1 Å². The molecule has 10 aliphatic rings. The van der Waals surface area contributed by atoms with Crippen molar-refractivity contribution in [3.8, 4) is 0 Å². The van der Waals surface area contributed by atoms with E-state index in [1.807, 2.05) is 0 Å². The number of aliphatic carboxylic acids is 1. The number of aliphatic hydroxyl groups excluding tert-OH is 6. The lowest BCUT2D eigenvalue weighted by molar-refractivity contribution is -0.203. The number of rotatable bonds is 28. The zero-order valence-corrected chi connectivity index (χ0v) is 64.8. The van der Waals surface area contributed by atoms with Gasteiger partial charge in [0.2, 0.25) is 100 Å². The molecule has 20 atom stereocenters. The number of aliphatic hydroxyl groups is 6. The number of hydrogen-bond acceptors (Lipinski definition) is 26. The van der Waals surface area contributed by atoms with E-state index in [0.29, 0.717) is 44.9 Å². The highest BCUT2D eigenvalue weighted by molar-refractivity contribution is 6.01. The van der Waals surface area contributed by atoms with E-state index < -0.39 is 274 Å². The molecule has 10 rings (SSSR count). The average molecular weight is 1640 g/mol. The van der Waals surface area contributed by atoms with E-state index >= 15 is 0 Å². The van der Waals surface area contributed by atoms with Gasteiger partial charge in [0.15, 0.2) is 12.5 Å². The van der Waals surface area contributed by atoms with Crippen LogP contribution in [0.25, 0.3) is 0 Å². The minimum atomic E-state index is -1.82. The van der Waals surface area contributed by atoms with E-state index in [0.717, 1.165) is 20.8 Å². The number of nitrogens with one attached hydrogen (secondary N) is 9. The molecule has 0 aliphatic carbocycles. The third kappa shape index (κ3) is 20.4. The van der Waals surface area contributed by atoms with Gasteiger partial charge in [-0.1, -0.05) is 0 Å². The van der Waals surface area contributed by atoms with Gasteiger partial charge >= 0.3 is 5.97 Å². The van der Waals surface area contributed by atoms with Crippen molar-refractivity contribution in [2.45, 2.75) is 258 Å². The minimum absolute atomic E-state index is 0.0216. The van der Waals surface area contributed by atoms with Crippen molar-refractivity contribution in [1.82, 2.24) is 87.1 Å². The van der Waals surface area contributed by atoms with Crippen molar-refractivity contribution in [3.05, 3.63) is 0 Å². The normalized spacial score (nSPS) is 30.2. The predicted octanol–water partition coefficient (Wildman–Crippen LogP) is -10.8. The van der Waals surface area contributed by atoms with Crippen molar-refractivity contribution in [3.63, 3.8) is 0 Å². The summed E-state index contributed by atoms with van der Waals surface area (Å²) < 4.78 is 11.1. The first-order chi connectivity index (χ1) is 55.2. The number of amides is 17. The summed E-state index contributed by atoms with van der Waals surface area (Å²) in [4.78, 5) is 258. The van der Waals surface area contributed by atoms with Crippen LogP contribution in [0, 0.1) is 0 Å². The lowest BCUT2D eigenvalue weighted by atomic mass is 9.95. The van der Waals surface area contributed by atoms with Crippen molar-refractivity contribution in [2.75, 3.05) is 85.2 Å². The van der Waals surface area contributed by atoms with Crippen LogP contribution in [0.3, 0.4) is 0 Å². The predicted molar refractivity (Wildman–Crippen MR) is 390 cm³/mol. The van der Waals surface area contributed by atoms with Gasteiger partial charge in [-0.05, 0) is 103 Å². The first kappa shape index (κ1) is 88.5. The Morgan fingerprint density at radius 1 is 0.345 bits per heavy atom. The zero-order chi connectivity index (χ0) is 84.3. The Hall–Kier alpha value is -9.86. The Labute approximate surface area is 665 Å². The Kier molecular flexibility index (Phi) is 30.1. The number of likely N-dealkylation sites (tertiary alicyclic amines) is 8. The maximum atomic E-state index is 15.0. The third-order valence-corrected chi connectivity index (χ3v) is 23.2. The monoisotopic (exact) mass is 1640 g/mol. The Morgan fingerprint density at radius 2 is 0.638 bits per heavy atom. The maximum Gasteiger partial charge on any atom is 0.322 e. The molecule has 10 aliphatic heterocycles. The second-order valence-electron chi connectivity index (χ2n) is 31.0. The van der Waals surface area contributed by atoms with E-state index in [9.17, 15) is 117 Å². The molecule has 0 aromatic carbocycles. The zero-order valence-electron chi connectivity index (χ0n) is 64.8. The average Bonchev–Trinajstić information content (AvgIpc) is 1.62. The fraction of sp³-hybridized carbons (Fsp3) is 0.750. The molecule has 17 amide bonds. The summed E-state index contributed by atoms with van der Waals surface area (Å²) in [5.74, 6) is -13.8. The summed E-state index contributed by atoms with van der Waals surface area (Å²) in [7, 11) is 0. The topological polar surface area (TPSA) is 602 Å². The number of ether oxygens (including phenoxy) is 2. The van der Waals surface area contributed by atoms with Crippen LogP contribution in [0.15, 0.2) is 0 Å². The Morgan fingerprint density at radius 3 is 0.948 bits per heavy atom. The fourth-order valence-corrected chi connectivity index (χ4v) is 17.6. The van der Waals surface area contributed by atoms with Crippen LogP contribution in [-0.4, -0.2) is 388 Å². The number of carbonyl (C=O) groups excluding carboxylic acids is 17. The summed E-state index contributed by atoms with van der Waals surface area (Å²) in [6.07, 6.45) is -9.79. The molecule has 642 valence electrons. The Balaban J connectivity index is 0.732. The summed E-state index contributed by atoms with van der Waals surface area (Å²) in [5.41, 5.74) is 0. The SMILES string of the molecule is CC(=O)N[C@@H]1[C@@H](O)[C@H](O)[C@@H](CO)O[C@H]1NC(=O)C[C@H](NC(C)=O)C(=O)NCC(=O)N1CCC[C@H]1C(=O)N1CCC[C@H]1C(=O)N1CCC[C@H]1C(=O)N1CCC[C@H]1C(=O)N1CCC[C@H]1C(=O)N1CCC[C@H]1C(=O)N1CCC[C@H]1C(=O)N1CCC[C@H]1C(=O)N[C@@H](CC(=O)N[C@@H]1O[C@H](CO)[C@@H](O)[C@H](O)[C@H]1NC(C)=O)C(=O)NCC(=O)NCC(=O)O. The van der Waals surface area contributed by atoms with Crippen LogP contribution < -0.4 is 47.9 Å². The smallest absolute Gasteiger partial charge is 0.322 e. The van der Waals surface area contributed by atoms with Gasteiger partial charge in [0.1, 0.15) is 116 Å². The number of hydrogen-bond donors (Lipinski definition) is 16. The largest absolute Gasteiger partial charge is 0.480 e. The van der Waals surface area contributed by atoms with Crippen LogP contribution in [0.5, 0.6) is 0 Å². The molecule has 10 saturated heterocycles. The summed E-state index contributed by atoms with van der Waals surface area (Å²) in [6.45, 7) is 0.342. The van der Waals surface area contributed by atoms with E-state index in [2.05, 4.69) is 47.9 Å². The van der Waals surface area contributed by atoms with Gasteiger partial charge in [-0.2, -0.15) is 0 Å². The van der Waals surface area contributed by atoms with Gasteiger partial charge in [-0.25, -0.2) is 0 Å². The van der Waals surface area contributed by atoms with E-state index in [-0.39, 0.29) is 110 Å². The molecule has 0 saturated carbocycles. The number of carbonyl (C=O) groups is 18. The molecular formula is C72H107N17O27. The molecule has 0 bridgehead atoms. The van der Waals surface area contributed by atoms with Crippen LogP contribution in [-0.2, 0) is 95.8 Å². The standard InChI is InChI=1S/C72H107N17O27/c1-35(92)76-38(28-50(95)80-64-55(77-36(2)93)59(103)57(101)48(33-90)115-64)61(105)75-31-53(98)82-20-5-13-41(82)66(108)84-22-7-15-43(84)68(110)86-24-9-17-45(86)70(112)88-26-11-19-47(88)72(114)89-27-10-18-46(89)71(113)87-25-8-16-44(87)69(111)85-23-6-14-42(85)67(109)83-21-4-12-40(83)63(107)79-39(62(106)74-30-52(97)73-32-54(99)100)29-51(96)81-65-56(78-37(3)94)60(104)58(102)49(34-91)116-65/h38-49,55-60,64-65,90-91,101-104H,4-34H2,1-3H3,(H,73,97)(H,74,106)(H,75,105)(H,76,92)(H,77,93)(H,78,94)(H,79,107)(H,80,95)(H,81,96)(H,99,100)/t38-,39-,40-,41-,42-,43-,44-,45-,46-,47-,48+,49+,55+,56+,57+,58+,59+,60+,64+,65+/m0/s1. The summed E-state index contributed by atoms with van der Waals surface area (Å²) in [5, 5.41) is 91.9.